The van der Waals surface area contributed by atoms with Crippen molar-refractivity contribution in [1.29, 1.82) is 0 Å². The second-order valence-electron chi connectivity index (χ2n) is 6.19. The molecule has 1 N–H and O–H groups in total. The quantitative estimate of drug-likeness (QED) is 0.755. The van der Waals surface area contributed by atoms with Crippen molar-refractivity contribution in [2.75, 3.05) is 32.7 Å². The van der Waals surface area contributed by atoms with Gasteiger partial charge >= 0.3 is 0 Å². The number of rotatable bonds is 3. The third-order valence-corrected chi connectivity index (χ3v) is 4.74. The van der Waals surface area contributed by atoms with E-state index in [1.807, 2.05) is 19.1 Å². The lowest BCUT2D eigenvalue weighted by Gasteiger charge is -2.27. The molecule has 0 amide bonds. The van der Waals surface area contributed by atoms with Crippen LogP contribution in [0.3, 0.4) is 0 Å². The summed E-state index contributed by atoms with van der Waals surface area (Å²) in [5, 5.41) is 5.45. The van der Waals surface area contributed by atoms with E-state index in [2.05, 4.69) is 31.9 Å². The van der Waals surface area contributed by atoms with Gasteiger partial charge in [-0.05, 0) is 13.0 Å². The second kappa shape index (κ2) is 5.91. The number of nitrogens with zero attached hydrogens (tertiary/aromatic N) is 3. The Morgan fingerprint density at radius 1 is 1.13 bits per heavy atom. The second-order valence-corrected chi connectivity index (χ2v) is 6.19. The maximum absolute atomic E-state index is 13.8. The van der Waals surface area contributed by atoms with Crippen LogP contribution in [-0.4, -0.2) is 47.2 Å². The standard InChI is InChI=1S/C18H21FN4/c1-13-18-15(12-17(19)21-13)14-4-2-3-5-16(14)23(18)11-10-22-8-6-20-7-9-22/h2-5,12,20H,6-11H2,1H3. The van der Waals surface area contributed by atoms with E-state index < -0.39 is 5.95 Å². The molecule has 2 aromatic heterocycles. The van der Waals surface area contributed by atoms with Crippen molar-refractivity contribution >= 4 is 21.8 Å². The number of pyridine rings is 1. The Balaban J connectivity index is 1.79. The molecule has 23 heavy (non-hydrogen) atoms. The normalized spacial score (nSPS) is 16.4. The number of aromatic nitrogens is 2. The zero-order valence-corrected chi connectivity index (χ0v) is 13.3. The number of fused-ring (bicyclic) bond motifs is 3. The highest BCUT2D eigenvalue weighted by Gasteiger charge is 2.16. The molecule has 0 unspecified atom stereocenters. The van der Waals surface area contributed by atoms with Crippen LogP contribution in [0, 0.1) is 12.9 Å². The summed E-state index contributed by atoms with van der Waals surface area (Å²) in [6, 6.07) is 9.80. The molecule has 120 valence electrons. The molecular formula is C18H21FN4. The van der Waals surface area contributed by atoms with Gasteiger partial charge in [-0.2, -0.15) is 4.39 Å². The van der Waals surface area contributed by atoms with Crippen LogP contribution in [0.25, 0.3) is 21.8 Å². The summed E-state index contributed by atoms with van der Waals surface area (Å²) in [6.07, 6.45) is 0. The fourth-order valence-electron chi connectivity index (χ4n) is 3.64. The van der Waals surface area contributed by atoms with Crippen LogP contribution in [0.4, 0.5) is 4.39 Å². The summed E-state index contributed by atoms with van der Waals surface area (Å²) in [7, 11) is 0. The number of para-hydroxylation sites is 1. The minimum atomic E-state index is -0.403. The Morgan fingerprint density at radius 2 is 1.91 bits per heavy atom. The van der Waals surface area contributed by atoms with Crippen molar-refractivity contribution in [1.82, 2.24) is 19.8 Å². The number of aryl methyl sites for hydroxylation is 1. The van der Waals surface area contributed by atoms with Gasteiger partial charge in [-0.15, -0.1) is 0 Å². The number of hydrogen-bond donors (Lipinski definition) is 1. The van der Waals surface area contributed by atoms with Crippen molar-refractivity contribution in [2.24, 2.45) is 0 Å². The van der Waals surface area contributed by atoms with Gasteiger partial charge < -0.3 is 9.88 Å². The molecule has 4 nitrogen and oxygen atoms in total. The molecule has 1 saturated heterocycles. The van der Waals surface area contributed by atoms with Crippen molar-refractivity contribution in [3.8, 4) is 0 Å². The Hall–Kier alpha value is -1.98. The van der Waals surface area contributed by atoms with E-state index in [-0.39, 0.29) is 0 Å². The predicted molar refractivity (Wildman–Crippen MR) is 91.2 cm³/mol. The van der Waals surface area contributed by atoms with Crippen molar-refractivity contribution < 1.29 is 4.39 Å². The molecular weight excluding hydrogens is 291 g/mol. The number of benzene rings is 1. The van der Waals surface area contributed by atoms with Crippen LogP contribution in [-0.2, 0) is 6.54 Å². The van der Waals surface area contributed by atoms with E-state index in [0.29, 0.717) is 0 Å². The first-order chi connectivity index (χ1) is 11.2. The topological polar surface area (TPSA) is 33.1 Å². The Morgan fingerprint density at radius 3 is 2.74 bits per heavy atom. The first-order valence-corrected chi connectivity index (χ1v) is 8.21. The maximum Gasteiger partial charge on any atom is 0.213 e. The largest absolute Gasteiger partial charge is 0.338 e. The lowest BCUT2D eigenvalue weighted by atomic mass is 10.2. The average molecular weight is 312 g/mol. The minimum Gasteiger partial charge on any atom is -0.338 e. The van der Waals surface area contributed by atoms with E-state index in [4.69, 9.17) is 0 Å². The Labute approximate surface area is 134 Å². The fourth-order valence-corrected chi connectivity index (χ4v) is 3.64. The number of hydrogen-bond acceptors (Lipinski definition) is 3. The molecule has 5 heteroatoms. The van der Waals surface area contributed by atoms with Crippen LogP contribution < -0.4 is 5.32 Å². The Bertz CT molecular complexity index is 849. The minimum absolute atomic E-state index is 0.403. The van der Waals surface area contributed by atoms with E-state index in [9.17, 15) is 4.39 Å². The molecule has 0 bridgehead atoms. The fraction of sp³-hybridized carbons (Fsp3) is 0.389. The van der Waals surface area contributed by atoms with Gasteiger partial charge in [0.25, 0.3) is 0 Å². The smallest absolute Gasteiger partial charge is 0.213 e. The molecule has 3 heterocycles. The zero-order chi connectivity index (χ0) is 15.8. The summed E-state index contributed by atoms with van der Waals surface area (Å²) in [5.41, 5.74) is 2.98. The SMILES string of the molecule is Cc1nc(F)cc2c3ccccc3n(CCN3CCNCC3)c12. The predicted octanol–water partition coefficient (Wildman–Crippen LogP) is 2.54. The highest BCUT2D eigenvalue weighted by Crippen LogP contribution is 2.30. The lowest BCUT2D eigenvalue weighted by molar-refractivity contribution is 0.234. The van der Waals surface area contributed by atoms with Gasteiger partial charge in [0.2, 0.25) is 5.95 Å². The molecule has 3 aromatic rings. The summed E-state index contributed by atoms with van der Waals surface area (Å²) in [6.45, 7) is 8.08. The van der Waals surface area contributed by atoms with Crippen LogP contribution in [0.5, 0.6) is 0 Å². The summed E-state index contributed by atoms with van der Waals surface area (Å²) < 4.78 is 16.1. The molecule has 1 aromatic carbocycles. The average Bonchev–Trinajstić information content (AvgIpc) is 2.88. The first kappa shape index (κ1) is 14.6. The third kappa shape index (κ3) is 2.60. The summed E-state index contributed by atoms with van der Waals surface area (Å²) >= 11 is 0. The highest BCUT2D eigenvalue weighted by atomic mass is 19.1. The number of halogens is 1. The number of nitrogens with one attached hydrogen (secondary N) is 1. The van der Waals surface area contributed by atoms with Gasteiger partial charge in [0.1, 0.15) is 0 Å². The van der Waals surface area contributed by atoms with Crippen LogP contribution >= 0.6 is 0 Å². The molecule has 0 radical (unpaired) electrons. The molecule has 1 aliphatic heterocycles. The summed E-state index contributed by atoms with van der Waals surface area (Å²) in [5.74, 6) is -0.403. The van der Waals surface area contributed by atoms with Crippen molar-refractivity contribution in [3.63, 3.8) is 0 Å². The van der Waals surface area contributed by atoms with Gasteiger partial charge in [-0.25, -0.2) is 4.98 Å². The molecule has 1 aliphatic rings. The first-order valence-electron chi connectivity index (χ1n) is 8.21. The van der Waals surface area contributed by atoms with Crippen LogP contribution in [0.2, 0.25) is 0 Å². The van der Waals surface area contributed by atoms with E-state index in [1.165, 1.54) is 0 Å². The van der Waals surface area contributed by atoms with Gasteiger partial charge in [0.05, 0.1) is 11.2 Å². The third-order valence-electron chi connectivity index (χ3n) is 4.74. The lowest BCUT2D eigenvalue weighted by Crippen LogP contribution is -2.44. The van der Waals surface area contributed by atoms with Gasteiger partial charge in [-0.3, -0.25) is 4.90 Å². The van der Waals surface area contributed by atoms with Crippen molar-refractivity contribution in [2.45, 2.75) is 13.5 Å². The molecule has 4 rings (SSSR count). The molecule has 0 spiro atoms. The van der Waals surface area contributed by atoms with E-state index >= 15 is 0 Å². The molecule has 1 fully saturated rings. The van der Waals surface area contributed by atoms with Crippen LogP contribution in [0.1, 0.15) is 5.69 Å². The molecule has 0 atom stereocenters. The molecule has 0 aliphatic carbocycles. The summed E-state index contributed by atoms with van der Waals surface area (Å²) in [4.78, 5) is 6.52. The van der Waals surface area contributed by atoms with E-state index in [1.54, 1.807) is 6.07 Å². The van der Waals surface area contributed by atoms with Gasteiger partial charge in [-0.1, -0.05) is 18.2 Å². The molecule has 0 saturated carbocycles. The zero-order valence-electron chi connectivity index (χ0n) is 13.3. The van der Waals surface area contributed by atoms with Gasteiger partial charge in [0, 0.05) is 61.6 Å². The van der Waals surface area contributed by atoms with Crippen LogP contribution in [0.15, 0.2) is 30.3 Å². The number of piperazine rings is 1. The van der Waals surface area contributed by atoms with E-state index in [0.717, 1.165) is 66.8 Å². The monoisotopic (exact) mass is 312 g/mol. The maximum atomic E-state index is 13.8. The highest BCUT2D eigenvalue weighted by molar-refractivity contribution is 6.08. The Kier molecular flexibility index (Phi) is 3.75. The van der Waals surface area contributed by atoms with Crippen molar-refractivity contribution in [3.05, 3.63) is 42.0 Å². The van der Waals surface area contributed by atoms with Gasteiger partial charge in [0.15, 0.2) is 0 Å².